The van der Waals surface area contributed by atoms with Gasteiger partial charge in [0.1, 0.15) is 24.2 Å². The molecule has 1 unspecified atom stereocenters. The molecule has 0 radical (unpaired) electrons. The molecular weight excluding hydrogens is 797 g/mol. The minimum atomic E-state index is -1.32. The average molecular weight is 867 g/mol. The highest BCUT2D eigenvalue weighted by atomic mass is 16.4. The molecule has 0 aliphatic rings. The molecule has 6 amide bonds. The zero-order valence-electron chi connectivity index (χ0n) is 36.9. The highest BCUT2D eigenvalue weighted by Crippen LogP contribution is 2.19. The van der Waals surface area contributed by atoms with Crippen LogP contribution in [0.4, 0.5) is 5.69 Å². The number of carboxylic acid groups (broad SMARTS) is 1. The van der Waals surface area contributed by atoms with Crippen LogP contribution in [-0.4, -0.2) is 106 Å². The molecule has 0 aromatic heterocycles. The number of nitrogens with one attached hydrogen (secondary N) is 4. The van der Waals surface area contributed by atoms with Gasteiger partial charge < -0.3 is 47.2 Å². The second-order valence-corrected chi connectivity index (χ2v) is 16.1. The number of nitrogens with two attached hydrogens (primary N) is 1. The molecule has 0 fully saturated rings. The third-order valence-corrected chi connectivity index (χ3v) is 11.0. The second-order valence-electron chi connectivity index (χ2n) is 16.1. The fourth-order valence-electron chi connectivity index (χ4n) is 7.08. The van der Waals surface area contributed by atoms with E-state index in [-0.39, 0.29) is 36.1 Å². The number of aliphatic hydroxyl groups is 2. The molecule has 0 saturated carbocycles. The average Bonchev–Trinajstić information content (AvgIpc) is 3.24. The standard InChI is InChI=1S/C46H70N6O10/c1-5-31(2)40(44(59)50-37(30-53)42(47)57)51-45(60)41(32(3)54)52(4)39(56)28-20-15-13-11-9-7-6-8-10-12-14-19-27-38(55)48-35-26-22-21-25-34(35)43(58)49-36(46(61)62)29-33-23-17-16-18-24-33/h16-18,21-26,31-32,36-37,40-41,53-54H,5-15,19-20,27-30H2,1-4H3,(H2,47,57)(H,48,55)(H,49,58)(H,50,59)(H,51,60)(H,61,62)/t31-,32-,36-,37?,40+,41-/m0/s1. The Morgan fingerprint density at radius 3 is 1.74 bits per heavy atom. The van der Waals surface area contributed by atoms with Gasteiger partial charge in [0.05, 0.1) is 24.0 Å². The smallest absolute Gasteiger partial charge is 0.326 e. The molecule has 62 heavy (non-hydrogen) atoms. The number of para-hydroxylation sites is 1. The molecule has 2 aromatic rings. The number of aliphatic hydroxyl groups excluding tert-OH is 2. The molecule has 9 N–H and O–H groups in total. The van der Waals surface area contributed by atoms with Crippen molar-refractivity contribution in [3.63, 3.8) is 0 Å². The number of likely N-dealkylation sites (N-methyl/N-ethyl adjacent to an activating group) is 1. The van der Waals surface area contributed by atoms with Gasteiger partial charge >= 0.3 is 5.97 Å². The number of anilines is 1. The van der Waals surface area contributed by atoms with Crippen molar-refractivity contribution in [1.29, 1.82) is 0 Å². The maximum absolute atomic E-state index is 13.3. The van der Waals surface area contributed by atoms with Crippen molar-refractivity contribution in [2.75, 3.05) is 19.0 Å². The molecule has 6 atom stereocenters. The number of carboxylic acids is 1. The zero-order chi connectivity index (χ0) is 46.0. The first-order valence-electron chi connectivity index (χ1n) is 22.0. The summed E-state index contributed by atoms with van der Waals surface area (Å²) in [4.78, 5) is 89.6. The van der Waals surface area contributed by atoms with E-state index in [4.69, 9.17) is 5.73 Å². The normalized spacial score (nSPS) is 14.0. The van der Waals surface area contributed by atoms with Crippen LogP contribution < -0.4 is 27.0 Å². The van der Waals surface area contributed by atoms with Gasteiger partial charge in [-0.05, 0) is 43.4 Å². The summed E-state index contributed by atoms with van der Waals surface area (Å²) in [7, 11) is 1.45. The van der Waals surface area contributed by atoms with Crippen LogP contribution in [0, 0.1) is 5.92 Å². The van der Waals surface area contributed by atoms with Crippen molar-refractivity contribution in [2.24, 2.45) is 11.7 Å². The van der Waals surface area contributed by atoms with E-state index in [9.17, 15) is 48.9 Å². The quantitative estimate of drug-likeness (QED) is 0.0501. The Hall–Kier alpha value is -5.35. The molecule has 0 heterocycles. The first-order valence-corrected chi connectivity index (χ1v) is 22.0. The lowest BCUT2D eigenvalue weighted by molar-refractivity contribution is -0.144. The van der Waals surface area contributed by atoms with E-state index in [0.717, 1.165) is 69.8 Å². The molecule has 0 saturated heterocycles. The first-order chi connectivity index (χ1) is 29.6. The van der Waals surface area contributed by atoms with Gasteiger partial charge in [0.2, 0.25) is 29.5 Å². The van der Waals surface area contributed by atoms with Crippen LogP contribution in [-0.2, 0) is 35.2 Å². The SMILES string of the molecule is CC[C@H](C)[C@@H](NC(=O)[C@H]([C@H](C)O)N(C)C(=O)CCCCCCCCCCCCCCC(=O)Nc1ccccc1C(=O)N[C@@H](Cc1ccccc1)C(=O)O)C(=O)NC(CO)C(N)=O. The van der Waals surface area contributed by atoms with Crippen LogP contribution in [0.5, 0.6) is 0 Å². The van der Waals surface area contributed by atoms with Gasteiger partial charge in [0.15, 0.2) is 0 Å². The number of hydrogen-bond donors (Lipinski definition) is 8. The summed E-state index contributed by atoms with van der Waals surface area (Å²) < 4.78 is 0. The Bertz CT molecular complexity index is 1720. The highest BCUT2D eigenvalue weighted by Gasteiger charge is 2.36. The number of benzene rings is 2. The number of amides is 6. The first kappa shape index (κ1) is 52.8. The van der Waals surface area contributed by atoms with Crippen LogP contribution in [0.1, 0.15) is 133 Å². The third-order valence-electron chi connectivity index (χ3n) is 11.0. The summed E-state index contributed by atoms with van der Waals surface area (Å²) in [6, 6.07) is 10.8. The summed E-state index contributed by atoms with van der Waals surface area (Å²) in [5, 5.41) is 39.9. The van der Waals surface area contributed by atoms with Crippen molar-refractivity contribution < 1.29 is 48.9 Å². The number of unbranched alkanes of at least 4 members (excludes halogenated alkanes) is 11. The van der Waals surface area contributed by atoms with E-state index < -0.39 is 66.5 Å². The molecule has 0 aliphatic heterocycles. The zero-order valence-corrected chi connectivity index (χ0v) is 36.9. The van der Waals surface area contributed by atoms with E-state index >= 15 is 0 Å². The van der Waals surface area contributed by atoms with E-state index in [0.29, 0.717) is 31.4 Å². The molecule has 0 bridgehead atoms. The van der Waals surface area contributed by atoms with E-state index in [1.54, 1.807) is 55.5 Å². The van der Waals surface area contributed by atoms with Crippen molar-refractivity contribution in [2.45, 2.75) is 154 Å². The summed E-state index contributed by atoms with van der Waals surface area (Å²) in [5.41, 5.74) is 6.54. The Morgan fingerprint density at radius 2 is 1.23 bits per heavy atom. The van der Waals surface area contributed by atoms with E-state index in [2.05, 4.69) is 21.3 Å². The minimum Gasteiger partial charge on any atom is -0.480 e. The number of carbonyl (C=O) groups is 7. The summed E-state index contributed by atoms with van der Waals surface area (Å²) in [6.45, 7) is 4.24. The van der Waals surface area contributed by atoms with Gasteiger partial charge in [-0.15, -0.1) is 0 Å². The molecular formula is C46H70N6O10. The predicted molar refractivity (Wildman–Crippen MR) is 237 cm³/mol. The summed E-state index contributed by atoms with van der Waals surface area (Å²) in [5.74, 6) is -4.94. The van der Waals surface area contributed by atoms with Crippen LogP contribution >= 0.6 is 0 Å². The largest absolute Gasteiger partial charge is 0.480 e. The number of primary amides is 1. The molecule has 2 rings (SSSR count). The summed E-state index contributed by atoms with van der Waals surface area (Å²) in [6.07, 6.45) is 11.5. The molecule has 0 spiro atoms. The Morgan fingerprint density at radius 1 is 0.694 bits per heavy atom. The Balaban J connectivity index is 1.62. The Labute approximate surface area is 366 Å². The summed E-state index contributed by atoms with van der Waals surface area (Å²) >= 11 is 0. The Kier molecular flexibility index (Phi) is 24.7. The second kappa shape index (κ2) is 29.0. The predicted octanol–water partition coefficient (Wildman–Crippen LogP) is 4.21. The monoisotopic (exact) mass is 867 g/mol. The fraction of sp³-hybridized carbons (Fsp3) is 0.587. The fourth-order valence-corrected chi connectivity index (χ4v) is 7.08. The molecule has 16 heteroatoms. The number of rotatable bonds is 31. The van der Waals surface area contributed by atoms with Crippen LogP contribution in [0.3, 0.4) is 0 Å². The number of aliphatic carboxylic acids is 1. The van der Waals surface area contributed by atoms with Crippen LogP contribution in [0.25, 0.3) is 0 Å². The highest BCUT2D eigenvalue weighted by molar-refractivity contribution is 6.04. The van der Waals surface area contributed by atoms with Gasteiger partial charge in [-0.1, -0.05) is 127 Å². The van der Waals surface area contributed by atoms with Crippen molar-refractivity contribution in [3.8, 4) is 0 Å². The maximum atomic E-state index is 13.3. The molecule has 2 aromatic carbocycles. The maximum Gasteiger partial charge on any atom is 0.326 e. The van der Waals surface area contributed by atoms with Crippen LogP contribution in [0.15, 0.2) is 54.6 Å². The van der Waals surface area contributed by atoms with Crippen molar-refractivity contribution >= 4 is 47.1 Å². The lowest BCUT2D eigenvalue weighted by Crippen LogP contribution is -2.60. The topological polar surface area (TPSA) is 258 Å². The van der Waals surface area contributed by atoms with Crippen molar-refractivity contribution in [1.82, 2.24) is 20.9 Å². The molecule has 344 valence electrons. The van der Waals surface area contributed by atoms with Crippen molar-refractivity contribution in [3.05, 3.63) is 65.7 Å². The van der Waals surface area contributed by atoms with Crippen LogP contribution in [0.2, 0.25) is 0 Å². The minimum absolute atomic E-state index is 0.130. The number of nitrogens with zero attached hydrogens (tertiary/aromatic N) is 1. The van der Waals surface area contributed by atoms with E-state index in [1.165, 1.54) is 18.9 Å². The van der Waals surface area contributed by atoms with Gasteiger partial charge in [-0.3, -0.25) is 28.8 Å². The number of hydrogen-bond acceptors (Lipinski definition) is 9. The molecule has 16 nitrogen and oxygen atoms in total. The van der Waals surface area contributed by atoms with Gasteiger partial charge in [0.25, 0.3) is 5.91 Å². The van der Waals surface area contributed by atoms with Gasteiger partial charge in [0, 0.05) is 26.3 Å². The van der Waals surface area contributed by atoms with Gasteiger partial charge in [-0.2, -0.15) is 0 Å². The molecule has 0 aliphatic carbocycles. The third kappa shape index (κ3) is 19.1. The van der Waals surface area contributed by atoms with E-state index in [1.807, 2.05) is 13.0 Å². The lowest BCUT2D eigenvalue weighted by Gasteiger charge is -2.32. The van der Waals surface area contributed by atoms with Gasteiger partial charge in [-0.25, -0.2) is 4.79 Å². The number of carbonyl (C=O) groups excluding carboxylic acids is 6. The lowest BCUT2D eigenvalue weighted by atomic mass is 9.97.